The summed E-state index contributed by atoms with van der Waals surface area (Å²) in [7, 11) is 0. The van der Waals surface area contributed by atoms with Crippen molar-refractivity contribution >= 4 is 5.97 Å². The van der Waals surface area contributed by atoms with Crippen LogP contribution in [0.2, 0.25) is 0 Å². The highest BCUT2D eigenvalue weighted by molar-refractivity contribution is 5.84. The number of hydrogen-bond donors (Lipinski definition) is 3. The van der Waals surface area contributed by atoms with Crippen LogP contribution in [0.3, 0.4) is 0 Å². The predicted octanol–water partition coefficient (Wildman–Crippen LogP) is -0.415. The van der Waals surface area contributed by atoms with Gasteiger partial charge in [-0.25, -0.2) is 4.79 Å². The van der Waals surface area contributed by atoms with E-state index in [4.69, 9.17) is 15.9 Å². The summed E-state index contributed by atoms with van der Waals surface area (Å²) in [5, 5.41) is 15.6. The van der Waals surface area contributed by atoms with Crippen molar-refractivity contribution in [3.8, 4) is 0 Å². The van der Waals surface area contributed by atoms with Crippen molar-refractivity contribution in [2.45, 2.75) is 6.92 Å². The zero-order chi connectivity index (χ0) is 8.57. The van der Waals surface area contributed by atoms with Gasteiger partial charge < -0.3 is 15.9 Å². The largest absolute Gasteiger partial charge is 0.478 e. The second-order valence-corrected chi connectivity index (χ2v) is 1.60. The fraction of sp³-hybridized carbons (Fsp3) is 0.500. The molecular formula is C6H13NO3. The molecule has 0 atom stereocenters. The van der Waals surface area contributed by atoms with Crippen LogP contribution in [-0.4, -0.2) is 29.3 Å². The van der Waals surface area contributed by atoms with Crippen molar-refractivity contribution in [2.24, 2.45) is 5.73 Å². The van der Waals surface area contributed by atoms with Gasteiger partial charge in [-0.1, -0.05) is 6.58 Å². The molecule has 4 N–H and O–H groups in total. The number of hydrogen-bond acceptors (Lipinski definition) is 3. The highest BCUT2D eigenvalue weighted by atomic mass is 16.4. The van der Waals surface area contributed by atoms with E-state index in [9.17, 15) is 4.79 Å². The van der Waals surface area contributed by atoms with Gasteiger partial charge in [0.15, 0.2) is 0 Å². The monoisotopic (exact) mass is 147 g/mol. The molecule has 0 spiro atoms. The number of carboxylic acids is 1. The zero-order valence-corrected chi connectivity index (χ0v) is 6.00. The first-order chi connectivity index (χ1) is 4.56. The Morgan fingerprint density at radius 1 is 1.70 bits per heavy atom. The molecule has 0 fully saturated rings. The van der Waals surface area contributed by atoms with Crippen molar-refractivity contribution in [3.05, 3.63) is 12.2 Å². The van der Waals surface area contributed by atoms with E-state index in [2.05, 4.69) is 6.58 Å². The number of carbonyl (C=O) groups is 1. The lowest BCUT2D eigenvalue weighted by Crippen LogP contribution is -2.02. The molecule has 0 amide bonds. The first-order valence-electron chi connectivity index (χ1n) is 2.76. The van der Waals surface area contributed by atoms with Crippen molar-refractivity contribution < 1.29 is 15.0 Å². The summed E-state index contributed by atoms with van der Waals surface area (Å²) in [6, 6.07) is 0. The van der Waals surface area contributed by atoms with Crippen LogP contribution < -0.4 is 5.73 Å². The third kappa shape index (κ3) is 15.7. The van der Waals surface area contributed by atoms with Gasteiger partial charge in [-0.15, -0.1) is 0 Å². The third-order valence-electron chi connectivity index (χ3n) is 0.494. The molecule has 60 valence electrons. The molecule has 0 aliphatic heterocycles. The van der Waals surface area contributed by atoms with E-state index in [1.165, 1.54) is 6.92 Å². The summed E-state index contributed by atoms with van der Waals surface area (Å²) in [6.45, 7) is 5.07. The van der Waals surface area contributed by atoms with Crippen LogP contribution in [0, 0.1) is 0 Å². The highest BCUT2D eigenvalue weighted by Gasteiger charge is 1.90. The fourth-order valence-electron chi connectivity index (χ4n) is 0. The van der Waals surface area contributed by atoms with Crippen molar-refractivity contribution in [2.75, 3.05) is 13.2 Å². The van der Waals surface area contributed by atoms with Gasteiger partial charge in [-0.05, 0) is 6.92 Å². The van der Waals surface area contributed by atoms with Crippen LogP contribution in [0.1, 0.15) is 6.92 Å². The van der Waals surface area contributed by atoms with Gasteiger partial charge in [0.2, 0.25) is 0 Å². The van der Waals surface area contributed by atoms with Gasteiger partial charge in [-0.3, -0.25) is 0 Å². The lowest BCUT2D eigenvalue weighted by Gasteiger charge is -1.79. The first kappa shape index (κ1) is 11.9. The Morgan fingerprint density at radius 2 is 1.90 bits per heavy atom. The summed E-state index contributed by atoms with van der Waals surface area (Å²) in [5.41, 5.74) is 4.95. The average molecular weight is 147 g/mol. The molecule has 0 bridgehead atoms. The van der Waals surface area contributed by atoms with E-state index in [0.717, 1.165) is 0 Å². The standard InChI is InChI=1S/C4H6O2.C2H7NO/c1-3(2)4(5)6;3-1-2-4/h1H2,2H3,(H,5,6);4H,1-3H2. The quantitative estimate of drug-likeness (QED) is 0.463. The first-order valence-corrected chi connectivity index (χ1v) is 2.76. The molecule has 4 heteroatoms. The van der Waals surface area contributed by atoms with Crippen LogP contribution in [0.5, 0.6) is 0 Å². The molecule has 10 heavy (non-hydrogen) atoms. The van der Waals surface area contributed by atoms with Gasteiger partial charge >= 0.3 is 5.97 Å². The molecule has 0 unspecified atom stereocenters. The van der Waals surface area contributed by atoms with Crippen molar-refractivity contribution in [3.63, 3.8) is 0 Å². The minimum Gasteiger partial charge on any atom is -0.478 e. The minimum atomic E-state index is -0.935. The van der Waals surface area contributed by atoms with Crippen LogP contribution in [0.15, 0.2) is 12.2 Å². The Kier molecular flexibility index (Phi) is 9.65. The smallest absolute Gasteiger partial charge is 0.330 e. The Labute approximate surface area is 60.0 Å². The molecule has 0 heterocycles. The molecule has 0 aromatic heterocycles. The molecular weight excluding hydrogens is 134 g/mol. The van der Waals surface area contributed by atoms with Crippen molar-refractivity contribution in [1.82, 2.24) is 0 Å². The van der Waals surface area contributed by atoms with E-state index in [1.54, 1.807) is 0 Å². The topological polar surface area (TPSA) is 83.5 Å². The van der Waals surface area contributed by atoms with Gasteiger partial charge in [0.05, 0.1) is 6.61 Å². The van der Waals surface area contributed by atoms with E-state index in [1.807, 2.05) is 0 Å². The van der Waals surface area contributed by atoms with Crippen LogP contribution in [0.25, 0.3) is 0 Å². The Hall–Kier alpha value is -0.870. The Balaban J connectivity index is 0. The normalized spacial score (nSPS) is 7.50. The van der Waals surface area contributed by atoms with Gasteiger partial charge in [0, 0.05) is 12.1 Å². The molecule has 0 rings (SSSR count). The van der Waals surface area contributed by atoms with Gasteiger partial charge in [0.1, 0.15) is 0 Å². The number of aliphatic hydroxyl groups is 1. The Bertz CT molecular complexity index is 97.6. The second kappa shape index (κ2) is 8.13. The maximum absolute atomic E-state index is 9.60. The minimum absolute atomic E-state index is 0.0972. The van der Waals surface area contributed by atoms with Crippen LogP contribution in [0.4, 0.5) is 0 Å². The maximum Gasteiger partial charge on any atom is 0.330 e. The molecule has 0 aliphatic rings. The lowest BCUT2D eigenvalue weighted by atomic mass is 10.4. The van der Waals surface area contributed by atoms with Gasteiger partial charge in [0.25, 0.3) is 0 Å². The molecule has 0 aromatic rings. The van der Waals surface area contributed by atoms with Gasteiger partial charge in [-0.2, -0.15) is 0 Å². The molecule has 0 saturated carbocycles. The van der Waals surface area contributed by atoms with Crippen molar-refractivity contribution in [1.29, 1.82) is 0 Å². The highest BCUT2D eigenvalue weighted by Crippen LogP contribution is 1.81. The Morgan fingerprint density at radius 3 is 1.90 bits per heavy atom. The lowest BCUT2D eigenvalue weighted by molar-refractivity contribution is -0.132. The number of carboxylic acid groups (broad SMARTS) is 1. The number of aliphatic carboxylic acids is 1. The summed E-state index contributed by atoms with van der Waals surface area (Å²) < 4.78 is 0. The predicted molar refractivity (Wildman–Crippen MR) is 38.6 cm³/mol. The molecule has 4 nitrogen and oxygen atoms in total. The summed E-state index contributed by atoms with van der Waals surface area (Å²) >= 11 is 0. The second-order valence-electron chi connectivity index (χ2n) is 1.60. The van der Waals surface area contributed by atoms with Crippen LogP contribution in [-0.2, 0) is 4.79 Å². The molecule has 0 aliphatic carbocycles. The molecule has 0 saturated heterocycles. The SMILES string of the molecule is C=C(C)C(=O)O.NCCO. The number of rotatable bonds is 2. The third-order valence-corrected chi connectivity index (χ3v) is 0.494. The molecule has 0 aromatic carbocycles. The summed E-state index contributed by atoms with van der Waals surface area (Å²) in [6.07, 6.45) is 0. The van der Waals surface area contributed by atoms with E-state index in [-0.39, 0.29) is 12.2 Å². The maximum atomic E-state index is 9.60. The summed E-state index contributed by atoms with van der Waals surface area (Å²) in [4.78, 5) is 9.60. The average Bonchev–Trinajstić information content (AvgIpc) is 1.89. The number of nitrogens with two attached hydrogens (primary N) is 1. The van der Waals surface area contributed by atoms with E-state index in [0.29, 0.717) is 6.54 Å². The molecule has 0 radical (unpaired) electrons. The van der Waals surface area contributed by atoms with Crippen LogP contribution >= 0.6 is 0 Å². The summed E-state index contributed by atoms with van der Waals surface area (Å²) in [5.74, 6) is -0.935. The number of aliphatic hydroxyl groups excluding tert-OH is 1. The fourth-order valence-corrected chi connectivity index (χ4v) is 0. The van der Waals surface area contributed by atoms with E-state index < -0.39 is 5.97 Å². The van der Waals surface area contributed by atoms with E-state index >= 15 is 0 Å². The zero-order valence-electron chi connectivity index (χ0n) is 6.00.